The second kappa shape index (κ2) is 6.01. The summed E-state index contributed by atoms with van der Waals surface area (Å²) >= 11 is 6.04. The van der Waals surface area contributed by atoms with Crippen molar-refractivity contribution in [3.05, 3.63) is 52.2 Å². The molecule has 2 aliphatic rings. The van der Waals surface area contributed by atoms with E-state index in [1.807, 2.05) is 30.3 Å². The Kier molecular flexibility index (Phi) is 3.81. The second-order valence-corrected chi connectivity index (χ2v) is 6.35. The predicted molar refractivity (Wildman–Crippen MR) is 102 cm³/mol. The maximum absolute atomic E-state index is 6.04. The molecule has 0 saturated heterocycles. The molecule has 5 nitrogen and oxygen atoms in total. The lowest BCUT2D eigenvalue weighted by molar-refractivity contribution is 0.353. The number of hydrogen-bond acceptors (Lipinski definition) is 5. The van der Waals surface area contributed by atoms with Gasteiger partial charge in [0.05, 0.1) is 26.2 Å². The zero-order valence-corrected chi connectivity index (χ0v) is 15.0. The Bertz CT molecular complexity index is 891. The third kappa shape index (κ3) is 2.43. The minimum absolute atomic E-state index is 0.169. The number of halogens is 1. The molecule has 128 valence electrons. The summed E-state index contributed by atoms with van der Waals surface area (Å²) in [6, 6.07) is 9.73. The van der Waals surface area contributed by atoms with Gasteiger partial charge in [0.25, 0.3) is 0 Å². The van der Waals surface area contributed by atoms with Crippen LogP contribution in [0.4, 0.5) is 11.4 Å². The maximum atomic E-state index is 6.04. The van der Waals surface area contributed by atoms with Crippen molar-refractivity contribution < 1.29 is 9.47 Å². The monoisotopic (exact) mass is 355 g/mol. The van der Waals surface area contributed by atoms with Crippen molar-refractivity contribution in [3.63, 3.8) is 0 Å². The van der Waals surface area contributed by atoms with Gasteiger partial charge in [-0.3, -0.25) is 0 Å². The average molecular weight is 356 g/mol. The van der Waals surface area contributed by atoms with Gasteiger partial charge in [-0.15, -0.1) is 0 Å². The quantitative estimate of drug-likeness (QED) is 0.867. The SMILES string of the molecule is COc1cc2c3c(c1OC)C=C(C)N(c1ccc(Cl)cc1)C3N=CN2. The van der Waals surface area contributed by atoms with Gasteiger partial charge in [-0.05, 0) is 37.3 Å². The summed E-state index contributed by atoms with van der Waals surface area (Å²) in [5.41, 5.74) is 5.13. The maximum Gasteiger partial charge on any atom is 0.168 e. The molecule has 1 N–H and O–H groups in total. The van der Waals surface area contributed by atoms with Crippen LogP contribution in [0, 0.1) is 0 Å². The summed E-state index contributed by atoms with van der Waals surface area (Å²) < 4.78 is 11.1. The lowest BCUT2D eigenvalue weighted by Gasteiger charge is -2.39. The van der Waals surface area contributed by atoms with Crippen molar-refractivity contribution in [1.29, 1.82) is 0 Å². The van der Waals surface area contributed by atoms with Gasteiger partial charge in [0.1, 0.15) is 0 Å². The lowest BCUT2D eigenvalue weighted by Crippen LogP contribution is -2.32. The van der Waals surface area contributed by atoms with Crippen LogP contribution in [0.5, 0.6) is 11.5 Å². The van der Waals surface area contributed by atoms with Crippen LogP contribution in [0.15, 0.2) is 41.0 Å². The molecule has 0 amide bonds. The molecule has 2 aliphatic heterocycles. The number of benzene rings is 2. The van der Waals surface area contributed by atoms with Gasteiger partial charge in [-0.25, -0.2) is 4.99 Å². The first kappa shape index (κ1) is 15.8. The number of allylic oxidation sites excluding steroid dienone is 1. The summed E-state index contributed by atoms with van der Waals surface area (Å²) in [5, 5.41) is 3.93. The van der Waals surface area contributed by atoms with Gasteiger partial charge in [0.15, 0.2) is 17.7 Å². The molecule has 0 spiro atoms. The largest absolute Gasteiger partial charge is 0.493 e. The van der Waals surface area contributed by atoms with E-state index in [0.29, 0.717) is 10.8 Å². The van der Waals surface area contributed by atoms with E-state index in [9.17, 15) is 0 Å². The van der Waals surface area contributed by atoms with Crippen LogP contribution in [0.25, 0.3) is 6.08 Å². The van der Waals surface area contributed by atoms with Crippen molar-refractivity contribution >= 4 is 35.4 Å². The van der Waals surface area contributed by atoms with E-state index in [4.69, 9.17) is 21.1 Å². The minimum atomic E-state index is -0.169. The van der Waals surface area contributed by atoms with Crippen LogP contribution in [0.1, 0.15) is 24.2 Å². The molecule has 0 aliphatic carbocycles. The number of nitrogens with one attached hydrogen (secondary N) is 1. The number of aliphatic imine (C=N–C) groups is 1. The topological polar surface area (TPSA) is 46.1 Å². The van der Waals surface area contributed by atoms with E-state index in [-0.39, 0.29) is 6.17 Å². The molecule has 0 bridgehead atoms. The third-order valence-electron chi connectivity index (χ3n) is 4.52. The molecule has 0 saturated carbocycles. The highest BCUT2D eigenvalue weighted by molar-refractivity contribution is 6.30. The van der Waals surface area contributed by atoms with E-state index in [2.05, 4.69) is 28.2 Å². The average Bonchev–Trinajstić information content (AvgIpc) is 2.62. The molecule has 2 heterocycles. The smallest absolute Gasteiger partial charge is 0.168 e. The fourth-order valence-electron chi connectivity index (χ4n) is 3.44. The summed E-state index contributed by atoms with van der Waals surface area (Å²) in [4.78, 5) is 6.87. The Morgan fingerprint density at radius 2 is 1.92 bits per heavy atom. The molecule has 6 heteroatoms. The Balaban J connectivity index is 1.93. The highest BCUT2D eigenvalue weighted by Crippen LogP contribution is 2.49. The zero-order valence-electron chi connectivity index (χ0n) is 14.2. The molecule has 1 unspecified atom stereocenters. The van der Waals surface area contributed by atoms with Crippen LogP contribution < -0.4 is 19.7 Å². The van der Waals surface area contributed by atoms with Crippen molar-refractivity contribution in [1.82, 2.24) is 0 Å². The first-order valence-electron chi connectivity index (χ1n) is 7.94. The fourth-order valence-corrected chi connectivity index (χ4v) is 3.57. The number of nitrogens with zero attached hydrogens (tertiary/aromatic N) is 2. The predicted octanol–water partition coefficient (Wildman–Crippen LogP) is 4.69. The molecule has 4 rings (SSSR count). The molecule has 2 aromatic carbocycles. The Hall–Kier alpha value is -2.66. The van der Waals surface area contributed by atoms with E-state index >= 15 is 0 Å². The summed E-state index contributed by atoms with van der Waals surface area (Å²) in [7, 11) is 3.30. The van der Waals surface area contributed by atoms with Gasteiger partial charge in [-0.2, -0.15) is 0 Å². The van der Waals surface area contributed by atoms with Gasteiger partial charge in [0, 0.05) is 33.6 Å². The third-order valence-corrected chi connectivity index (χ3v) is 4.78. The van der Waals surface area contributed by atoms with E-state index in [1.165, 1.54) is 0 Å². The Morgan fingerprint density at radius 3 is 2.60 bits per heavy atom. The molecule has 2 aromatic rings. The number of anilines is 2. The second-order valence-electron chi connectivity index (χ2n) is 5.92. The van der Waals surface area contributed by atoms with Crippen molar-refractivity contribution in [2.24, 2.45) is 4.99 Å². The highest BCUT2D eigenvalue weighted by atomic mass is 35.5. The van der Waals surface area contributed by atoms with Crippen molar-refractivity contribution in [2.75, 3.05) is 24.4 Å². The fraction of sp³-hybridized carbons (Fsp3) is 0.211. The van der Waals surface area contributed by atoms with E-state index in [1.54, 1.807) is 20.6 Å². The van der Waals surface area contributed by atoms with Crippen molar-refractivity contribution in [2.45, 2.75) is 13.1 Å². The Morgan fingerprint density at radius 1 is 1.16 bits per heavy atom. The standard InChI is InChI=1S/C19H18ClN3O2/c1-11-8-14-17-15(9-16(24-2)18(14)25-3)21-10-22-19(17)23(11)13-6-4-12(20)5-7-13/h4-10,19H,1-3H3,(H,21,22). The molecular weight excluding hydrogens is 338 g/mol. The normalized spacial score (nSPS) is 17.5. The molecule has 0 aromatic heterocycles. The van der Waals surface area contributed by atoms with Crippen LogP contribution in [0.3, 0.4) is 0 Å². The minimum Gasteiger partial charge on any atom is -0.493 e. The number of methoxy groups -OCH3 is 2. The molecule has 0 radical (unpaired) electrons. The number of rotatable bonds is 3. The van der Waals surface area contributed by atoms with Crippen LogP contribution in [-0.2, 0) is 0 Å². The first-order valence-corrected chi connectivity index (χ1v) is 8.32. The van der Waals surface area contributed by atoms with Gasteiger partial charge < -0.3 is 19.7 Å². The van der Waals surface area contributed by atoms with E-state index < -0.39 is 0 Å². The lowest BCUT2D eigenvalue weighted by atomic mass is 9.94. The Labute approximate surface area is 151 Å². The van der Waals surface area contributed by atoms with E-state index in [0.717, 1.165) is 33.9 Å². The molecule has 1 atom stereocenters. The zero-order chi connectivity index (χ0) is 17.6. The van der Waals surface area contributed by atoms with Crippen LogP contribution in [0.2, 0.25) is 5.02 Å². The number of hydrogen-bond donors (Lipinski definition) is 1. The summed E-state index contributed by atoms with van der Waals surface area (Å²) in [6.45, 7) is 2.06. The van der Waals surface area contributed by atoms with Gasteiger partial charge >= 0.3 is 0 Å². The highest BCUT2D eigenvalue weighted by Gasteiger charge is 2.34. The molecule has 25 heavy (non-hydrogen) atoms. The van der Waals surface area contributed by atoms with Crippen LogP contribution >= 0.6 is 11.6 Å². The summed E-state index contributed by atoms with van der Waals surface area (Å²) in [6.07, 6.45) is 3.66. The van der Waals surface area contributed by atoms with Crippen LogP contribution in [-0.4, -0.2) is 20.6 Å². The van der Waals surface area contributed by atoms with Gasteiger partial charge in [-0.1, -0.05) is 11.6 Å². The molecule has 0 fully saturated rings. The van der Waals surface area contributed by atoms with Gasteiger partial charge in [0.2, 0.25) is 0 Å². The number of ether oxygens (including phenoxy) is 2. The van der Waals surface area contributed by atoms with Crippen molar-refractivity contribution in [3.8, 4) is 11.5 Å². The first-order chi connectivity index (χ1) is 12.1. The molecular formula is C19H18ClN3O2. The summed E-state index contributed by atoms with van der Waals surface area (Å²) in [5.74, 6) is 1.42.